The van der Waals surface area contributed by atoms with E-state index < -0.39 is 16.0 Å². The van der Waals surface area contributed by atoms with Crippen molar-refractivity contribution in [3.8, 4) is 5.88 Å². The zero-order valence-corrected chi connectivity index (χ0v) is 18.7. The summed E-state index contributed by atoms with van der Waals surface area (Å²) in [6.07, 6.45) is 3.68. The molecule has 3 heterocycles. The van der Waals surface area contributed by atoms with E-state index in [1.54, 1.807) is 10.8 Å². The zero-order chi connectivity index (χ0) is 22.9. The predicted octanol–water partition coefficient (Wildman–Crippen LogP) is 2.41. The molecule has 1 atom stereocenters. The predicted molar refractivity (Wildman–Crippen MR) is 118 cm³/mol. The Morgan fingerprint density at radius 1 is 1.34 bits per heavy atom. The second-order valence-electron chi connectivity index (χ2n) is 7.76. The van der Waals surface area contributed by atoms with Crippen LogP contribution in [0.25, 0.3) is 0 Å². The van der Waals surface area contributed by atoms with Crippen LogP contribution in [0.4, 0.5) is 5.69 Å². The Labute approximate surface area is 186 Å². The SMILES string of the molecule is CCOc1ccc(S(=O)(=O)N2CCC(/C=[N+]3/N=C(CC(=O)O)c4c(C)cccc43)C2)cn1. The molecule has 9 nitrogen and oxygen atoms in total. The number of fused-ring (bicyclic) bond motifs is 1. The molecule has 1 unspecified atom stereocenters. The van der Waals surface area contributed by atoms with Crippen molar-refractivity contribution in [3.63, 3.8) is 0 Å². The lowest BCUT2D eigenvalue weighted by Crippen LogP contribution is -2.29. The van der Waals surface area contributed by atoms with Crippen LogP contribution in [0.1, 0.15) is 30.9 Å². The number of hydrazone groups is 1. The fourth-order valence-corrected chi connectivity index (χ4v) is 5.49. The second-order valence-corrected chi connectivity index (χ2v) is 9.69. The molecular weight excluding hydrogens is 432 g/mol. The van der Waals surface area contributed by atoms with E-state index >= 15 is 0 Å². The van der Waals surface area contributed by atoms with E-state index in [1.807, 2.05) is 38.3 Å². The maximum Gasteiger partial charge on any atom is 0.309 e. The van der Waals surface area contributed by atoms with Crippen LogP contribution in [0.15, 0.2) is 46.5 Å². The number of aryl methyl sites for hydroxylation is 1. The molecule has 1 aromatic heterocycles. The lowest BCUT2D eigenvalue weighted by atomic mass is 10.0. The van der Waals surface area contributed by atoms with E-state index in [1.165, 1.54) is 16.6 Å². The summed E-state index contributed by atoms with van der Waals surface area (Å²) in [6.45, 7) is 4.92. The van der Waals surface area contributed by atoms with Crippen molar-refractivity contribution in [2.45, 2.75) is 31.6 Å². The number of nitrogens with zero attached hydrogens (tertiary/aromatic N) is 4. The van der Waals surface area contributed by atoms with Gasteiger partial charge in [-0.15, -0.1) is 0 Å². The molecule has 10 heteroatoms. The lowest BCUT2D eigenvalue weighted by molar-refractivity contribution is -0.438. The molecule has 0 spiro atoms. The average molecular weight is 458 g/mol. The Kier molecular flexibility index (Phi) is 6.07. The number of sulfonamides is 1. The number of carboxylic acid groups (broad SMARTS) is 1. The third-order valence-corrected chi connectivity index (χ3v) is 7.36. The normalized spacial score (nSPS) is 19.8. The highest BCUT2D eigenvalue weighted by Gasteiger charge is 2.36. The smallest absolute Gasteiger partial charge is 0.309 e. The van der Waals surface area contributed by atoms with Gasteiger partial charge in [-0.25, -0.2) is 13.4 Å². The maximum atomic E-state index is 13.0. The number of aliphatic carboxylic acids is 1. The zero-order valence-electron chi connectivity index (χ0n) is 17.9. The molecule has 0 bridgehead atoms. The van der Waals surface area contributed by atoms with Crippen molar-refractivity contribution in [1.29, 1.82) is 0 Å². The number of hydrogen-bond donors (Lipinski definition) is 1. The van der Waals surface area contributed by atoms with Crippen LogP contribution < -0.4 is 4.74 Å². The maximum absolute atomic E-state index is 13.0. The van der Waals surface area contributed by atoms with Crippen molar-refractivity contribution in [1.82, 2.24) is 9.29 Å². The molecule has 2 aliphatic heterocycles. The second kappa shape index (κ2) is 8.79. The minimum absolute atomic E-state index is 0.0540. The van der Waals surface area contributed by atoms with Crippen LogP contribution in [-0.2, 0) is 14.8 Å². The fraction of sp³-hybridized carbons (Fsp3) is 0.364. The van der Waals surface area contributed by atoms with Gasteiger partial charge in [0.2, 0.25) is 21.6 Å². The largest absolute Gasteiger partial charge is 0.481 e. The van der Waals surface area contributed by atoms with Crippen LogP contribution >= 0.6 is 0 Å². The Balaban J connectivity index is 1.55. The number of ether oxygens (including phenoxy) is 1. The fourth-order valence-electron chi connectivity index (χ4n) is 4.03. The number of aromatic nitrogens is 1. The van der Waals surface area contributed by atoms with Gasteiger partial charge in [0.05, 0.1) is 30.7 Å². The van der Waals surface area contributed by atoms with E-state index in [0.717, 1.165) is 16.8 Å². The van der Waals surface area contributed by atoms with Gasteiger partial charge in [0.15, 0.2) is 6.21 Å². The minimum atomic E-state index is -3.67. The van der Waals surface area contributed by atoms with Gasteiger partial charge < -0.3 is 9.84 Å². The summed E-state index contributed by atoms with van der Waals surface area (Å²) >= 11 is 0. The molecule has 1 aromatic carbocycles. The van der Waals surface area contributed by atoms with Gasteiger partial charge in [-0.2, -0.15) is 4.31 Å². The lowest BCUT2D eigenvalue weighted by Gasteiger charge is -2.15. The van der Waals surface area contributed by atoms with Crippen LogP contribution in [0.5, 0.6) is 5.88 Å². The molecule has 1 fully saturated rings. The summed E-state index contributed by atoms with van der Waals surface area (Å²) in [5, 5.41) is 13.8. The van der Waals surface area contributed by atoms with E-state index in [2.05, 4.69) is 10.1 Å². The van der Waals surface area contributed by atoms with E-state index in [-0.39, 0.29) is 17.2 Å². The van der Waals surface area contributed by atoms with Gasteiger partial charge in [0.1, 0.15) is 10.6 Å². The highest BCUT2D eigenvalue weighted by molar-refractivity contribution is 7.89. The van der Waals surface area contributed by atoms with Gasteiger partial charge in [-0.3, -0.25) is 4.79 Å². The van der Waals surface area contributed by atoms with Gasteiger partial charge in [-0.05, 0) is 31.9 Å². The molecule has 2 aromatic rings. The van der Waals surface area contributed by atoms with Crippen molar-refractivity contribution in [3.05, 3.63) is 47.7 Å². The van der Waals surface area contributed by atoms with Gasteiger partial charge >= 0.3 is 5.97 Å². The quantitative estimate of drug-likeness (QED) is 0.639. The monoisotopic (exact) mass is 457 g/mol. The Hall–Kier alpha value is -3.11. The third kappa shape index (κ3) is 4.28. The van der Waals surface area contributed by atoms with E-state index in [4.69, 9.17) is 4.74 Å². The van der Waals surface area contributed by atoms with Crippen LogP contribution in [0, 0.1) is 12.8 Å². The summed E-state index contributed by atoms with van der Waals surface area (Å²) in [6, 6.07) is 8.78. The molecule has 2 aliphatic rings. The summed E-state index contributed by atoms with van der Waals surface area (Å²) in [5.41, 5.74) is 3.11. The first kappa shape index (κ1) is 22.1. The minimum Gasteiger partial charge on any atom is -0.481 e. The Morgan fingerprint density at radius 2 is 2.16 bits per heavy atom. The third-order valence-electron chi connectivity index (χ3n) is 5.51. The molecule has 168 valence electrons. The van der Waals surface area contributed by atoms with E-state index in [9.17, 15) is 18.3 Å². The number of pyridine rings is 1. The number of carboxylic acids is 1. The number of hydrogen-bond acceptors (Lipinski definition) is 6. The van der Waals surface area contributed by atoms with Crippen LogP contribution in [-0.4, -0.2) is 65.1 Å². The standard InChI is InChI=1S/C22H24N4O5S/c1-3-31-20-8-7-17(12-23-20)32(29,30)25-10-9-16(13-25)14-26-19-6-4-5-15(2)22(19)18(24-26)11-21(27)28/h4-8,12,14,16H,3,9-11,13H2,1-2H3/p+1/b26-14+. The highest BCUT2D eigenvalue weighted by atomic mass is 32.2. The first-order valence-electron chi connectivity index (χ1n) is 10.4. The Bertz CT molecular complexity index is 1210. The molecular formula is C22H25N4O5S+. The summed E-state index contributed by atoms with van der Waals surface area (Å²) in [7, 11) is -3.67. The first-order chi connectivity index (χ1) is 15.3. The molecule has 0 aliphatic carbocycles. The summed E-state index contributed by atoms with van der Waals surface area (Å²) < 4.78 is 34.5. The molecule has 32 heavy (non-hydrogen) atoms. The number of carbonyl (C=O) groups is 1. The van der Waals surface area contributed by atoms with Crippen molar-refractivity contribution < 1.29 is 27.7 Å². The first-order valence-corrected chi connectivity index (χ1v) is 11.9. The van der Waals surface area contributed by atoms with Gasteiger partial charge in [0, 0.05) is 30.3 Å². The van der Waals surface area contributed by atoms with Gasteiger partial charge in [-0.1, -0.05) is 16.8 Å². The molecule has 4 rings (SSSR count). The van der Waals surface area contributed by atoms with Crippen LogP contribution in [0.2, 0.25) is 0 Å². The summed E-state index contributed by atoms with van der Waals surface area (Å²) in [5.74, 6) is -0.610. The van der Waals surface area contributed by atoms with Crippen molar-refractivity contribution in [2.24, 2.45) is 11.0 Å². The van der Waals surface area contributed by atoms with Crippen molar-refractivity contribution >= 4 is 33.6 Å². The number of rotatable bonds is 7. The summed E-state index contributed by atoms with van der Waals surface area (Å²) in [4.78, 5) is 15.5. The molecule has 0 amide bonds. The van der Waals surface area contributed by atoms with E-state index in [0.29, 0.717) is 37.7 Å². The van der Waals surface area contributed by atoms with Gasteiger partial charge in [0.25, 0.3) is 0 Å². The Morgan fingerprint density at radius 3 is 2.84 bits per heavy atom. The topological polar surface area (TPSA) is 112 Å². The van der Waals surface area contributed by atoms with Crippen LogP contribution in [0.3, 0.4) is 0 Å². The molecule has 1 saturated heterocycles. The number of benzene rings is 1. The molecule has 1 N–H and O–H groups in total. The highest BCUT2D eigenvalue weighted by Crippen LogP contribution is 2.31. The van der Waals surface area contributed by atoms with Crippen molar-refractivity contribution in [2.75, 3.05) is 19.7 Å². The molecule has 0 radical (unpaired) electrons. The average Bonchev–Trinajstić information content (AvgIpc) is 3.35. The molecule has 0 saturated carbocycles.